The van der Waals surface area contributed by atoms with E-state index in [9.17, 15) is 9.18 Å². The van der Waals surface area contributed by atoms with Gasteiger partial charge in [0.05, 0.1) is 11.6 Å². The van der Waals surface area contributed by atoms with Crippen LogP contribution < -0.4 is 5.32 Å². The number of hydrogen-bond donors (Lipinski definition) is 1. The monoisotopic (exact) mass is 306 g/mol. The molecule has 3 nitrogen and oxygen atoms in total. The minimum absolute atomic E-state index is 0.0850. The molecule has 1 heterocycles. The normalized spacial score (nSPS) is 12.4. The first-order valence-corrected chi connectivity index (χ1v) is 7.62. The lowest BCUT2D eigenvalue weighted by Gasteiger charge is -2.23. The summed E-state index contributed by atoms with van der Waals surface area (Å²) in [4.78, 5) is 15.4. The molecule has 0 spiro atoms. The summed E-state index contributed by atoms with van der Waals surface area (Å²) in [7, 11) is 3.92. The fourth-order valence-corrected chi connectivity index (χ4v) is 3.05. The fourth-order valence-electron chi connectivity index (χ4n) is 2.13. The highest BCUT2D eigenvalue weighted by molar-refractivity contribution is 7.10. The van der Waals surface area contributed by atoms with Crippen molar-refractivity contribution in [2.75, 3.05) is 20.6 Å². The summed E-state index contributed by atoms with van der Waals surface area (Å²) in [5.41, 5.74) is 0.573. The molecule has 0 bridgehead atoms. The second-order valence-electron chi connectivity index (χ2n) is 5.14. The molecule has 0 saturated heterocycles. The van der Waals surface area contributed by atoms with Crippen LogP contribution >= 0.6 is 11.3 Å². The Labute approximate surface area is 128 Å². The highest BCUT2D eigenvalue weighted by Gasteiger charge is 2.18. The van der Waals surface area contributed by atoms with Crippen LogP contribution in [0.2, 0.25) is 0 Å². The van der Waals surface area contributed by atoms with Crippen LogP contribution in [0.5, 0.6) is 0 Å². The van der Waals surface area contributed by atoms with Gasteiger partial charge in [0.2, 0.25) is 0 Å². The molecular formula is C16H19FN2OS. The molecule has 1 unspecified atom stereocenters. The van der Waals surface area contributed by atoms with Crippen molar-refractivity contribution in [1.29, 1.82) is 0 Å². The molecule has 0 fully saturated rings. The lowest BCUT2D eigenvalue weighted by molar-refractivity contribution is 0.0938. The number of carbonyl (C=O) groups excluding carboxylic acids is 1. The minimum Gasteiger partial charge on any atom is -0.350 e. The molecule has 0 aliphatic heterocycles. The molecule has 2 aromatic rings. The molecule has 1 aromatic heterocycles. The Bertz CT molecular complexity index is 611. The van der Waals surface area contributed by atoms with Gasteiger partial charge in [-0.3, -0.25) is 4.79 Å². The summed E-state index contributed by atoms with van der Waals surface area (Å²) in [5, 5.41) is 4.83. The van der Waals surface area contributed by atoms with Crippen molar-refractivity contribution in [3.05, 3.63) is 57.5 Å². The summed E-state index contributed by atoms with van der Waals surface area (Å²) in [6.07, 6.45) is 0. The SMILES string of the molecule is Cc1cccc(C(=O)NCC(c2cccs2)N(C)C)c1F. The van der Waals surface area contributed by atoms with E-state index in [4.69, 9.17) is 0 Å². The zero-order valence-corrected chi connectivity index (χ0v) is 13.2. The average Bonchev–Trinajstić information content (AvgIpc) is 2.95. The van der Waals surface area contributed by atoms with Gasteiger partial charge in [-0.15, -0.1) is 11.3 Å². The number of nitrogens with zero attached hydrogens (tertiary/aromatic N) is 1. The number of thiophene rings is 1. The Hall–Kier alpha value is -1.72. The number of rotatable bonds is 5. The predicted molar refractivity (Wildman–Crippen MR) is 84.2 cm³/mol. The zero-order valence-electron chi connectivity index (χ0n) is 12.4. The quantitative estimate of drug-likeness (QED) is 0.920. The number of nitrogens with one attached hydrogen (secondary N) is 1. The molecule has 1 amide bonds. The van der Waals surface area contributed by atoms with E-state index in [2.05, 4.69) is 5.32 Å². The Morgan fingerprint density at radius 2 is 2.10 bits per heavy atom. The third-order valence-corrected chi connectivity index (χ3v) is 4.36. The van der Waals surface area contributed by atoms with E-state index in [1.165, 1.54) is 10.9 Å². The Balaban J connectivity index is 2.07. The lowest BCUT2D eigenvalue weighted by atomic mass is 10.1. The molecule has 1 aromatic carbocycles. The Morgan fingerprint density at radius 3 is 2.71 bits per heavy atom. The van der Waals surface area contributed by atoms with E-state index in [-0.39, 0.29) is 17.5 Å². The highest BCUT2D eigenvalue weighted by Crippen LogP contribution is 2.22. The number of aryl methyl sites for hydroxylation is 1. The van der Waals surface area contributed by atoms with Gasteiger partial charge >= 0.3 is 0 Å². The number of likely N-dealkylation sites (N-methyl/N-ethyl adjacent to an activating group) is 1. The largest absolute Gasteiger partial charge is 0.350 e. The lowest BCUT2D eigenvalue weighted by Crippen LogP contribution is -2.34. The number of halogens is 1. The maximum absolute atomic E-state index is 13.9. The first-order valence-electron chi connectivity index (χ1n) is 6.74. The van der Waals surface area contributed by atoms with Crippen molar-refractivity contribution in [1.82, 2.24) is 10.2 Å². The first-order chi connectivity index (χ1) is 10.0. The summed E-state index contributed by atoms with van der Waals surface area (Å²) in [6, 6.07) is 8.96. The predicted octanol–water partition coefficient (Wildman–Crippen LogP) is 3.23. The van der Waals surface area contributed by atoms with E-state index in [1.54, 1.807) is 30.4 Å². The third kappa shape index (κ3) is 3.68. The van der Waals surface area contributed by atoms with Crippen LogP contribution in [0, 0.1) is 12.7 Å². The Kier molecular flexibility index (Phi) is 5.09. The number of hydrogen-bond acceptors (Lipinski definition) is 3. The number of carbonyl (C=O) groups is 1. The molecule has 0 aliphatic rings. The van der Waals surface area contributed by atoms with E-state index in [0.29, 0.717) is 12.1 Å². The number of benzene rings is 1. The van der Waals surface area contributed by atoms with E-state index in [1.807, 2.05) is 36.5 Å². The van der Waals surface area contributed by atoms with E-state index < -0.39 is 5.82 Å². The van der Waals surface area contributed by atoms with Crippen molar-refractivity contribution >= 4 is 17.2 Å². The van der Waals surface area contributed by atoms with Crippen LogP contribution in [0.4, 0.5) is 4.39 Å². The maximum Gasteiger partial charge on any atom is 0.254 e. The van der Waals surface area contributed by atoms with Crippen LogP contribution in [0.15, 0.2) is 35.7 Å². The standard InChI is InChI=1S/C16H19FN2OS/c1-11-6-4-7-12(15(11)17)16(20)18-10-13(19(2)3)14-8-5-9-21-14/h4-9,13H,10H2,1-3H3,(H,18,20). The van der Waals surface area contributed by atoms with Gasteiger partial charge in [-0.05, 0) is 44.1 Å². The summed E-state index contributed by atoms with van der Waals surface area (Å²) >= 11 is 1.65. The van der Waals surface area contributed by atoms with E-state index in [0.717, 1.165) is 0 Å². The van der Waals surface area contributed by atoms with Gasteiger partial charge < -0.3 is 10.2 Å². The fraction of sp³-hybridized carbons (Fsp3) is 0.312. The van der Waals surface area contributed by atoms with Crippen LogP contribution in [0.3, 0.4) is 0 Å². The first kappa shape index (κ1) is 15.7. The number of amides is 1. The van der Waals surface area contributed by atoms with Gasteiger partial charge in [0.1, 0.15) is 5.82 Å². The van der Waals surface area contributed by atoms with Gasteiger partial charge in [-0.1, -0.05) is 18.2 Å². The molecule has 1 N–H and O–H groups in total. The minimum atomic E-state index is -0.451. The molecule has 112 valence electrons. The summed E-state index contributed by atoms with van der Waals surface area (Å²) in [5.74, 6) is -0.827. The van der Waals surface area contributed by atoms with Crippen LogP contribution in [-0.2, 0) is 0 Å². The maximum atomic E-state index is 13.9. The topological polar surface area (TPSA) is 32.3 Å². The van der Waals surface area contributed by atoms with Crippen molar-refractivity contribution in [2.45, 2.75) is 13.0 Å². The van der Waals surface area contributed by atoms with Gasteiger partial charge in [-0.2, -0.15) is 0 Å². The molecule has 21 heavy (non-hydrogen) atoms. The molecular weight excluding hydrogens is 287 g/mol. The molecule has 0 aliphatic carbocycles. The van der Waals surface area contributed by atoms with Crippen molar-refractivity contribution in [2.24, 2.45) is 0 Å². The molecule has 0 radical (unpaired) electrons. The van der Waals surface area contributed by atoms with Crippen molar-refractivity contribution in [3.63, 3.8) is 0 Å². The second kappa shape index (κ2) is 6.83. The second-order valence-corrected chi connectivity index (χ2v) is 6.12. The van der Waals surface area contributed by atoms with Crippen LogP contribution in [-0.4, -0.2) is 31.4 Å². The zero-order chi connectivity index (χ0) is 15.4. The van der Waals surface area contributed by atoms with Gasteiger partial charge in [0.15, 0.2) is 0 Å². The average molecular weight is 306 g/mol. The summed E-state index contributed by atoms with van der Waals surface area (Å²) < 4.78 is 13.9. The molecule has 2 rings (SSSR count). The highest BCUT2D eigenvalue weighted by atomic mass is 32.1. The third-order valence-electron chi connectivity index (χ3n) is 3.39. The molecule has 5 heteroatoms. The van der Waals surface area contributed by atoms with E-state index >= 15 is 0 Å². The molecule has 0 saturated carbocycles. The van der Waals surface area contributed by atoms with Crippen LogP contribution in [0.1, 0.15) is 26.8 Å². The summed E-state index contributed by atoms with van der Waals surface area (Å²) in [6.45, 7) is 2.10. The smallest absolute Gasteiger partial charge is 0.254 e. The van der Waals surface area contributed by atoms with Crippen molar-refractivity contribution < 1.29 is 9.18 Å². The van der Waals surface area contributed by atoms with Gasteiger partial charge in [0.25, 0.3) is 5.91 Å². The van der Waals surface area contributed by atoms with Gasteiger partial charge in [-0.25, -0.2) is 4.39 Å². The van der Waals surface area contributed by atoms with Gasteiger partial charge in [0, 0.05) is 11.4 Å². The Morgan fingerprint density at radius 1 is 1.33 bits per heavy atom. The van der Waals surface area contributed by atoms with Crippen LogP contribution in [0.25, 0.3) is 0 Å². The molecule has 1 atom stereocenters. The van der Waals surface area contributed by atoms with Crippen molar-refractivity contribution in [3.8, 4) is 0 Å².